The second-order valence-corrected chi connectivity index (χ2v) is 3.61. The highest BCUT2D eigenvalue weighted by atomic mass is 16.5. The Bertz CT molecular complexity index is 214. The molecule has 0 radical (unpaired) electrons. The van der Waals surface area contributed by atoms with Crippen molar-refractivity contribution in [2.75, 3.05) is 0 Å². The lowest BCUT2D eigenvalue weighted by Crippen LogP contribution is -2.31. The van der Waals surface area contributed by atoms with Crippen molar-refractivity contribution in [3.63, 3.8) is 0 Å². The van der Waals surface area contributed by atoms with Crippen LogP contribution in [0.5, 0.6) is 0 Å². The molecule has 0 saturated heterocycles. The van der Waals surface area contributed by atoms with Gasteiger partial charge in [0.25, 0.3) is 0 Å². The monoisotopic (exact) mass is 200 g/mol. The number of aliphatic carboxylic acids is 1. The van der Waals surface area contributed by atoms with Gasteiger partial charge in [-0.05, 0) is 19.3 Å². The molecule has 1 saturated carbocycles. The molecule has 1 N–H and O–H groups in total. The van der Waals surface area contributed by atoms with Crippen LogP contribution in [0.4, 0.5) is 0 Å². The van der Waals surface area contributed by atoms with Gasteiger partial charge in [-0.15, -0.1) is 0 Å². The van der Waals surface area contributed by atoms with E-state index in [1.165, 1.54) is 0 Å². The van der Waals surface area contributed by atoms with Crippen molar-refractivity contribution in [3.8, 4) is 0 Å². The summed E-state index contributed by atoms with van der Waals surface area (Å²) in [6, 6.07) is 0. The van der Waals surface area contributed by atoms with E-state index in [0.29, 0.717) is 32.1 Å². The Labute approximate surface area is 83.2 Å². The fourth-order valence-electron chi connectivity index (χ4n) is 1.61. The molecule has 1 aliphatic rings. The molecule has 0 aliphatic heterocycles. The van der Waals surface area contributed by atoms with Crippen LogP contribution in [0.15, 0.2) is 0 Å². The van der Waals surface area contributed by atoms with Gasteiger partial charge in [0.15, 0.2) is 6.10 Å². The van der Waals surface area contributed by atoms with Crippen molar-refractivity contribution in [3.05, 3.63) is 0 Å². The van der Waals surface area contributed by atoms with Crippen molar-refractivity contribution < 1.29 is 19.4 Å². The second-order valence-electron chi connectivity index (χ2n) is 3.61. The molecule has 0 heterocycles. The maximum Gasteiger partial charge on any atom is 0.332 e. The van der Waals surface area contributed by atoms with Gasteiger partial charge in [0, 0.05) is 12.8 Å². The first-order chi connectivity index (χ1) is 6.63. The molecule has 1 aliphatic carbocycles. The molecule has 4 nitrogen and oxygen atoms in total. The van der Waals surface area contributed by atoms with Crippen molar-refractivity contribution in [1.29, 1.82) is 0 Å². The Morgan fingerprint density at radius 1 is 1.57 bits per heavy atom. The number of carboxylic acids is 1. The Morgan fingerprint density at radius 2 is 2.14 bits per heavy atom. The van der Waals surface area contributed by atoms with Gasteiger partial charge in [0.05, 0.1) is 6.10 Å². The fourth-order valence-corrected chi connectivity index (χ4v) is 1.61. The molecule has 0 aromatic rings. The molecule has 4 heteroatoms. The zero-order chi connectivity index (χ0) is 10.6. The van der Waals surface area contributed by atoms with Crippen LogP contribution in [-0.4, -0.2) is 29.1 Å². The predicted octanol–water partition coefficient (Wildman–Crippen LogP) is 1.38. The molecule has 0 spiro atoms. The van der Waals surface area contributed by atoms with Gasteiger partial charge in [-0.2, -0.15) is 0 Å². The van der Waals surface area contributed by atoms with Crippen molar-refractivity contribution >= 4 is 11.8 Å². The summed E-state index contributed by atoms with van der Waals surface area (Å²) in [6.45, 7) is 1.78. The van der Waals surface area contributed by atoms with Crippen LogP contribution >= 0.6 is 0 Å². The molecule has 80 valence electrons. The summed E-state index contributed by atoms with van der Waals surface area (Å²) >= 11 is 0. The van der Waals surface area contributed by atoms with Crippen molar-refractivity contribution in [2.45, 2.75) is 51.2 Å². The van der Waals surface area contributed by atoms with Gasteiger partial charge in [-0.1, -0.05) is 6.92 Å². The second kappa shape index (κ2) is 5.10. The number of carbonyl (C=O) groups is 2. The number of ketones is 1. The topological polar surface area (TPSA) is 63.6 Å². The largest absolute Gasteiger partial charge is 0.479 e. The summed E-state index contributed by atoms with van der Waals surface area (Å²) in [6.07, 6.45) is 2.11. The van der Waals surface area contributed by atoms with E-state index in [1.807, 2.05) is 0 Å². The van der Waals surface area contributed by atoms with E-state index < -0.39 is 12.1 Å². The first-order valence-electron chi connectivity index (χ1n) is 5.03. The Hall–Kier alpha value is -0.900. The lowest BCUT2D eigenvalue weighted by atomic mass is 9.96. The third-order valence-corrected chi connectivity index (χ3v) is 2.49. The number of hydrogen-bond acceptors (Lipinski definition) is 3. The van der Waals surface area contributed by atoms with Gasteiger partial charge >= 0.3 is 5.97 Å². The molecule has 0 amide bonds. The standard InChI is InChI=1S/C10H16O4/c1-2-9(10(12)13)14-8-5-3-7(11)4-6-8/h8-9H,2-6H2,1H3,(H,12,13). The summed E-state index contributed by atoms with van der Waals surface area (Å²) < 4.78 is 5.40. The number of Topliss-reactive ketones (excluding diaryl/α,β-unsaturated/α-hetero) is 1. The third-order valence-electron chi connectivity index (χ3n) is 2.49. The normalized spacial score (nSPS) is 20.8. The highest BCUT2D eigenvalue weighted by Crippen LogP contribution is 2.20. The zero-order valence-corrected chi connectivity index (χ0v) is 8.36. The van der Waals surface area contributed by atoms with Gasteiger partial charge in [-0.3, -0.25) is 4.79 Å². The SMILES string of the molecule is CCC(OC1CCC(=O)CC1)C(=O)O. The average molecular weight is 200 g/mol. The molecule has 1 fully saturated rings. The van der Waals surface area contributed by atoms with Crippen molar-refractivity contribution in [2.24, 2.45) is 0 Å². The number of carbonyl (C=O) groups excluding carboxylic acids is 1. The molecule has 1 atom stereocenters. The zero-order valence-electron chi connectivity index (χ0n) is 8.36. The molecular formula is C10H16O4. The van der Waals surface area contributed by atoms with Gasteiger partial charge < -0.3 is 9.84 Å². The summed E-state index contributed by atoms with van der Waals surface area (Å²) in [5.41, 5.74) is 0. The Morgan fingerprint density at radius 3 is 2.57 bits per heavy atom. The van der Waals surface area contributed by atoms with Crippen LogP contribution in [0.2, 0.25) is 0 Å². The molecule has 1 unspecified atom stereocenters. The summed E-state index contributed by atoms with van der Waals surface area (Å²) in [5, 5.41) is 8.76. The lowest BCUT2D eigenvalue weighted by Gasteiger charge is -2.24. The third kappa shape index (κ3) is 3.10. The number of hydrogen-bond donors (Lipinski definition) is 1. The minimum atomic E-state index is -0.913. The molecule has 0 aromatic heterocycles. The summed E-state index contributed by atoms with van der Waals surface area (Å²) in [4.78, 5) is 21.6. The first kappa shape index (κ1) is 11.2. The minimum Gasteiger partial charge on any atom is -0.479 e. The van der Waals surface area contributed by atoms with Crippen LogP contribution < -0.4 is 0 Å². The summed E-state index contributed by atoms with van der Waals surface area (Å²) in [7, 11) is 0. The van der Waals surface area contributed by atoms with Gasteiger partial charge in [-0.25, -0.2) is 4.79 Å². The number of carboxylic acid groups (broad SMARTS) is 1. The summed E-state index contributed by atoms with van der Waals surface area (Å²) in [5.74, 6) is -0.655. The highest BCUT2D eigenvalue weighted by molar-refractivity contribution is 5.79. The highest BCUT2D eigenvalue weighted by Gasteiger charge is 2.24. The molecule has 0 aromatic carbocycles. The Kier molecular flexibility index (Phi) is 4.07. The van der Waals surface area contributed by atoms with Gasteiger partial charge in [0.1, 0.15) is 5.78 Å². The van der Waals surface area contributed by atoms with Crippen LogP contribution in [0.25, 0.3) is 0 Å². The van der Waals surface area contributed by atoms with E-state index in [1.54, 1.807) is 6.92 Å². The maximum absolute atomic E-state index is 10.9. The van der Waals surface area contributed by atoms with Gasteiger partial charge in [0.2, 0.25) is 0 Å². The van der Waals surface area contributed by atoms with Crippen LogP contribution in [0.1, 0.15) is 39.0 Å². The van der Waals surface area contributed by atoms with E-state index in [0.717, 1.165) is 0 Å². The van der Waals surface area contributed by atoms with Crippen LogP contribution in [0.3, 0.4) is 0 Å². The molecule has 1 rings (SSSR count). The molecular weight excluding hydrogens is 184 g/mol. The predicted molar refractivity (Wildman–Crippen MR) is 50.1 cm³/mol. The Balaban J connectivity index is 2.36. The van der Waals surface area contributed by atoms with E-state index in [4.69, 9.17) is 9.84 Å². The fraction of sp³-hybridized carbons (Fsp3) is 0.800. The first-order valence-corrected chi connectivity index (χ1v) is 5.03. The number of ether oxygens (including phenoxy) is 1. The molecule has 0 bridgehead atoms. The van der Waals surface area contributed by atoms with E-state index in [2.05, 4.69) is 0 Å². The van der Waals surface area contributed by atoms with Crippen LogP contribution in [0, 0.1) is 0 Å². The molecule has 14 heavy (non-hydrogen) atoms. The minimum absolute atomic E-state index is 0.0475. The smallest absolute Gasteiger partial charge is 0.332 e. The maximum atomic E-state index is 10.9. The average Bonchev–Trinajstić information content (AvgIpc) is 2.16. The van der Waals surface area contributed by atoms with E-state index in [-0.39, 0.29) is 11.9 Å². The number of rotatable bonds is 4. The van der Waals surface area contributed by atoms with Crippen molar-refractivity contribution in [1.82, 2.24) is 0 Å². The van der Waals surface area contributed by atoms with E-state index in [9.17, 15) is 9.59 Å². The van der Waals surface area contributed by atoms with E-state index >= 15 is 0 Å². The lowest BCUT2D eigenvalue weighted by molar-refractivity contribution is -0.156. The van der Waals surface area contributed by atoms with Crippen LogP contribution in [-0.2, 0) is 14.3 Å². The quantitative estimate of drug-likeness (QED) is 0.744.